The highest BCUT2D eigenvalue weighted by molar-refractivity contribution is 9.10. The van der Waals surface area contributed by atoms with Crippen LogP contribution < -0.4 is 10.1 Å². The zero-order chi connectivity index (χ0) is 14.5. The molecular weight excluding hydrogens is 342 g/mol. The molecule has 1 aliphatic rings. The maximum Gasteiger partial charge on any atom is 0.255 e. The molecule has 2 rings (SSSR count). The third-order valence-electron chi connectivity index (χ3n) is 3.68. The van der Waals surface area contributed by atoms with Crippen LogP contribution in [0.1, 0.15) is 36.0 Å². The Hall–Kier alpha value is -0.740. The summed E-state index contributed by atoms with van der Waals surface area (Å²) in [5.74, 6) is 0.971. The minimum Gasteiger partial charge on any atom is -0.496 e. The lowest BCUT2D eigenvalue weighted by atomic mass is 9.89. The normalized spacial score (nSPS) is 22.4. The molecule has 1 N–H and O–H groups in total. The first kappa shape index (κ1) is 15.6. The van der Waals surface area contributed by atoms with Crippen molar-refractivity contribution in [3.63, 3.8) is 0 Å². The third-order valence-corrected chi connectivity index (χ3v) is 4.57. The number of alkyl halides is 1. The van der Waals surface area contributed by atoms with Crippen LogP contribution in [0.3, 0.4) is 0 Å². The van der Waals surface area contributed by atoms with E-state index < -0.39 is 0 Å². The van der Waals surface area contributed by atoms with Crippen LogP contribution in [0.15, 0.2) is 22.7 Å². The maximum absolute atomic E-state index is 12.2. The topological polar surface area (TPSA) is 38.3 Å². The van der Waals surface area contributed by atoms with Crippen LogP contribution in [-0.2, 0) is 0 Å². The average Bonchev–Trinajstić information content (AvgIpc) is 2.44. The van der Waals surface area contributed by atoms with E-state index in [1.807, 2.05) is 6.07 Å². The van der Waals surface area contributed by atoms with E-state index in [9.17, 15) is 4.79 Å². The molecule has 110 valence electrons. The van der Waals surface area contributed by atoms with E-state index in [2.05, 4.69) is 21.2 Å². The highest BCUT2D eigenvalue weighted by Crippen LogP contribution is 2.28. The zero-order valence-corrected chi connectivity index (χ0v) is 13.8. The van der Waals surface area contributed by atoms with E-state index in [-0.39, 0.29) is 11.3 Å². The second kappa shape index (κ2) is 7.32. The zero-order valence-electron chi connectivity index (χ0n) is 11.5. The van der Waals surface area contributed by atoms with E-state index in [4.69, 9.17) is 16.3 Å². The monoisotopic (exact) mass is 359 g/mol. The number of hydrogen-bond acceptors (Lipinski definition) is 2. The van der Waals surface area contributed by atoms with Crippen LogP contribution in [0.5, 0.6) is 5.75 Å². The fourth-order valence-corrected chi connectivity index (χ4v) is 3.34. The van der Waals surface area contributed by atoms with Crippen molar-refractivity contribution in [1.82, 2.24) is 5.32 Å². The van der Waals surface area contributed by atoms with Gasteiger partial charge in [0.05, 0.1) is 12.7 Å². The van der Waals surface area contributed by atoms with Gasteiger partial charge >= 0.3 is 0 Å². The minimum atomic E-state index is -0.0916. The van der Waals surface area contributed by atoms with E-state index >= 15 is 0 Å². The molecule has 2 unspecified atom stereocenters. The van der Waals surface area contributed by atoms with Gasteiger partial charge in [-0.1, -0.05) is 22.4 Å². The largest absolute Gasteiger partial charge is 0.496 e. The first-order valence-electron chi connectivity index (χ1n) is 6.86. The fourth-order valence-electron chi connectivity index (χ4n) is 2.60. The predicted octanol–water partition coefficient (Wildman–Crippen LogP) is 3.99. The third kappa shape index (κ3) is 4.13. The van der Waals surface area contributed by atoms with Gasteiger partial charge in [0.1, 0.15) is 5.75 Å². The summed E-state index contributed by atoms with van der Waals surface area (Å²) < 4.78 is 6.14. The summed E-state index contributed by atoms with van der Waals surface area (Å²) in [6.07, 6.45) is 4.36. The van der Waals surface area contributed by atoms with Crippen LogP contribution in [-0.4, -0.2) is 24.9 Å². The Kier molecular flexibility index (Phi) is 5.73. The summed E-state index contributed by atoms with van der Waals surface area (Å²) in [7, 11) is 1.57. The van der Waals surface area contributed by atoms with Gasteiger partial charge in [-0.05, 0) is 43.4 Å². The van der Waals surface area contributed by atoms with Gasteiger partial charge in [-0.15, -0.1) is 11.6 Å². The Balaban J connectivity index is 1.94. The number of carbonyl (C=O) groups excluding carboxylic acids is 1. The van der Waals surface area contributed by atoms with Crippen molar-refractivity contribution in [1.29, 1.82) is 0 Å². The standard InChI is InChI=1S/C15H19BrClNO2/c1-20-14-8-11(16)5-6-13(14)15(19)18-9-10-3-2-4-12(17)7-10/h5-6,8,10,12H,2-4,7,9H2,1H3,(H,18,19). The molecule has 0 aromatic heterocycles. The van der Waals surface area contributed by atoms with E-state index in [1.54, 1.807) is 19.2 Å². The molecule has 0 spiro atoms. The number of nitrogens with one attached hydrogen (secondary N) is 1. The minimum absolute atomic E-state index is 0.0916. The van der Waals surface area contributed by atoms with Crippen molar-refractivity contribution < 1.29 is 9.53 Å². The summed E-state index contributed by atoms with van der Waals surface area (Å²) in [6, 6.07) is 5.40. The predicted molar refractivity (Wildman–Crippen MR) is 84.6 cm³/mol. The number of benzene rings is 1. The first-order chi connectivity index (χ1) is 9.60. The van der Waals surface area contributed by atoms with Gasteiger partial charge in [0.2, 0.25) is 0 Å². The van der Waals surface area contributed by atoms with Crippen molar-refractivity contribution >= 4 is 33.4 Å². The Morgan fingerprint density at radius 2 is 2.30 bits per heavy atom. The smallest absolute Gasteiger partial charge is 0.255 e. The molecule has 1 amide bonds. The lowest BCUT2D eigenvalue weighted by Crippen LogP contribution is -2.32. The fraction of sp³-hybridized carbons (Fsp3) is 0.533. The van der Waals surface area contributed by atoms with Gasteiger partial charge in [-0.2, -0.15) is 0 Å². The van der Waals surface area contributed by atoms with Crippen molar-refractivity contribution in [2.45, 2.75) is 31.1 Å². The molecule has 20 heavy (non-hydrogen) atoms. The molecule has 1 aliphatic carbocycles. The van der Waals surface area contributed by atoms with Gasteiger partial charge in [0.15, 0.2) is 0 Å². The molecule has 2 atom stereocenters. The number of halogens is 2. The summed E-state index contributed by atoms with van der Waals surface area (Å²) >= 11 is 9.54. The highest BCUT2D eigenvalue weighted by Gasteiger charge is 2.21. The summed E-state index contributed by atoms with van der Waals surface area (Å²) in [5.41, 5.74) is 0.564. The molecule has 5 heteroatoms. The second-order valence-electron chi connectivity index (χ2n) is 5.18. The second-order valence-corrected chi connectivity index (χ2v) is 6.72. The molecule has 0 radical (unpaired) electrons. The maximum atomic E-state index is 12.2. The van der Waals surface area contributed by atoms with Crippen LogP contribution in [0.4, 0.5) is 0 Å². The Morgan fingerprint density at radius 1 is 1.50 bits per heavy atom. The van der Waals surface area contributed by atoms with Gasteiger partial charge in [0.25, 0.3) is 5.91 Å². The van der Waals surface area contributed by atoms with Gasteiger partial charge in [0, 0.05) is 16.4 Å². The van der Waals surface area contributed by atoms with Crippen molar-refractivity contribution in [2.75, 3.05) is 13.7 Å². The molecule has 1 aromatic carbocycles. The first-order valence-corrected chi connectivity index (χ1v) is 8.09. The van der Waals surface area contributed by atoms with Crippen molar-refractivity contribution in [2.24, 2.45) is 5.92 Å². The number of methoxy groups -OCH3 is 1. The number of amides is 1. The number of rotatable bonds is 4. The quantitative estimate of drug-likeness (QED) is 0.825. The lowest BCUT2D eigenvalue weighted by Gasteiger charge is -2.25. The molecular formula is C15H19BrClNO2. The summed E-state index contributed by atoms with van der Waals surface area (Å²) in [4.78, 5) is 12.2. The van der Waals surface area contributed by atoms with Gasteiger partial charge < -0.3 is 10.1 Å². The number of hydrogen-bond donors (Lipinski definition) is 1. The Labute approximate surface area is 133 Å². The average molecular weight is 361 g/mol. The molecule has 0 aliphatic heterocycles. The van der Waals surface area contributed by atoms with Crippen LogP contribution in [0.25, 0.3) is 0 Å². The van der Waals surface area contributed by atoms with Crippen molar-refractivity contribution in [3.05, 3.63) is 28.2 Å². The molecule has 1 fully saturated rings. The van der Waals surface area contributed by atoms with Crippen molar-refractivity contribution in [3.8, 4) is 5.75 Å². The SMILES string of the molecule is COc1cc(Br)ccc1C(=O)NCC1CCCC(Cl)C1. The number of carbonyl (C=O) groups is 1. The summed E-state index contributed by atoms with van der Waals surface area (Å²) in [5, 5.41) is 3.25. The van der Waals surface area contributed by atoms with Gasteiger partial charge in [-0.25, -0.2) is 0 Å². The lowest BCUT2D eigenvalue weighted by molar-refractivity contribution is 0.0940. The van der Waals surface area contributed by atoms with Gasteiger partial charge in [-0.3, -0.25) is 4.79 Å². The molecule has 1 aromatic rings. The van der Waals surface area contributed by atoms with E-state index in [0.29, 0.717) is 23.8 Å². The van der Waals surface area contributed by atoms with Crippen LogP contribution >= 0.6 is 27.5 Å². The molecule has 0 heterocycles. The molecule has 3 nitrogen and oxygen atoms in total. The van der Waals surface area contributed by atoms with E-state index in [1.165, 1.54) is 0 Å². The molecule has 1 saturated carbocycles. The summed E-state index contributed by atoms with van der Waals surface area (Å²) in [6.45, 7) is 0.682. The Morgan fingerprint density at radius 3 is 3.00 bits per heavy atom. The van der Waals surface area contributed by atoms with E-state index in [0.717, 1.165) is 30.2 Å². The molecule has 0 saturated heterocycles. The van der Waals surface area contributed by atoms with Crippen LogP contribution in [0, 0.1) is 5.92 Å². The number of ether oxygens (including phenoxy) is 1. The Bertz CT molecular complexity index is 481. The highest BCUT2D eigenvalue weighted by atomic mass is 79.9. The van der Waals surface area contributed by atoms with Crippen LogP contribution in [0.2, 0.25) is 0 Å². The molecule has 0 bridgehead atoms.